The first kappa shape index (κ1) is 19.3. The molecule has 0 radical (unpaired) electrons. The molecule has 1 heterocycles. The first-order valence-corrected chi connectivity index (χ1v) is 8.11. The highest BCUT2D eigenvalue weighted by molar-refractivity contribution is 5.85. The van der Waals surface area contributed by atoms with Gasteiger partial charge in [-0.2, -0.15) is 0 Å². The van der Waals surface area contributed by atoms with Crippen LogP contribution >= 0.6 is 0 Å². The van der Waals surface area contributed by atoms with Crippen molar-refractivity contribution in [3.8, 4) is 22.8 Å². The summed E-state index contributed by atoms with van der Waals surface area (Å²) in [6, 6.07) is 11.3. The molecule has 0 aliphatic rings. The molecule has 0 unspecified atom stereocenters. The van der Waals surface area contributed by atoms with E-state index >= 15 is 0 Å². The number of aryl methyl sites for hydroxylation is 1. The molecule has 0 saturated heterocycles. The third-order valence-electron chi connectivity index (χ3n) is 3.13. The van der Waals surface area contributed by atoms with Gasteiger partial charge in [0.25, 0.3) is 0 Å². The molecule has 1 aromatic heterocycles. The van der Waals surface area contributed by atoms with E-state index in [0.29, 0.717) is 5.76 Å². The molecule has 128 valence electrons. The molecule has 2 N–H and O–H groups in total. The Morgan fingerprint density at radius 2 is 1.46 bits per heavy atom. The fraction of sp³-hybridized carbons (Fsp3) is 0.250. The smallest absolute Gasteiger partial charge is 0.197 e. The summed E-state index contributed by atoms with van der Waals surface area (Å²) in [4.78, 5) is 12.1. The maximum Gasteiger partial charge on any atom is 0.197 e. The second kappa shape index (κ2) is 8.77. The fourth-order valence-corrected chi connectivity index (χ4v) is 2.11. The van der Waals surface area contributed by atoms with Crippen LogP contribution in [0.3, 0.4) is 0 Å². The van der Waals surface area contributed by atoms with Crippen molar-refractivity contribution in [1.82, 2.24) is 0 Å². The van der Waals surface area contributed by atoms with E-state index in [9.17, 15) is 15.0 Å². The maximum atomic E-state index is 12.1. The van der Waals surface area contributed by atoms with Gasteiger partial charge in [-0.15, -0.1) is 0 Å². The predicted molar refractivity (Wildman–Crippen MR) is 98.7 cm³/mol. The number of benzene rings is 2. The Balaban J connectivity index is 0.000000671. The summed E-state index contributed by atoms with van der Waals surface area (Å²) < 4.78 is 5.61. The summed E-state index contributed by atoms with van der Waals surface area (Å²) in [5.74, 6) is -0.0455. The van der Waals surface area contributed by atoms with E-state index in [0.717, 1.165) is 17.2 Å². The third-order valence-corrected chi connectivity index (χ3v) is 3.13. The molecule has 0 atom stereocenters. The van der Waals surface area contributed by atoms with E-state index < -0.39 is 0 Å². The van der Waals surface area contributed by atoms with Crippen LogP contribution in [0.4, 0.5) is 0 Å². The largest absolute Gasteiger partial charge is 0.508 e. The molecule has 4 heteroatoms. The van der Waals surface area contributed by atoms with Crippen molar-refractivity contribution in [2.24, 2.45) is 0 Å². The molecule has 0 bridgehead atoms. The topological polar surface area (TPSA) is 70.7 Å². The van der Waals surface area contributed by atoms with Crippen molar-refractivity contribution in [1.29, 1.82) is 0 Å². The first-order valence-electron chi connectivity index (χ1n) is 8.11. The minimum absolute atomic E-state index is 0.0682. The van der Waals surface area contributed by atoms with Gasteiger partial charge >= 0.3 is 0 Å². The van der Waals surface area contributed by atoms with Gasteiger partial charge in [0.2, 0.25) is 0 Å². The van der Waals surface area contributed by atoms with Gasteiger partial charge in [-0.3, -0.25) is 4.79 Å². The van der Waals surface area contributed by atoms with Crippen molar-refractivity contribution in [2.45, 2.75) is 34.6 Å². The van der Waals surface area contributed by atoms with Crippen molar-refractivity contribution >= 4 is 11.0 Å². The van der Waals surface area contributed by atoms with Crippen LogP contribution in [0.15, 0.2) is 51.7 Å². The Hall–Kier alpha value is -2.75. The molecule has 3 aromatic rings. The summed E-state index contributed by atoms with van der Waals surface area (Å²) in [5.41, 5.74) is 1.68. The summed E-state index contributed by atoms with van der Waals surface area (Å²) in [5, 5.41) is 19.3. The average Bonchev–Trinajstić information content (AvgIpc) is 2.58. The lowest BCUT2D eigenvalue weighted by molar-refractivity contribution is 0.452. The van der Waals surface area contributed by atoms with Crippen molar-refractivity contribution in [3.05, 3.63) is 58.3 Å². The highest BCUT2D eigenvalue weighted by Gasteiger charge is 2.11. The Bertz CT molecular complexity index is 846. The number of aromatic hydroxyl groups is 2. The van der Waals surface area contributed by atoms with Crippen LogP contribution in [-0.2, 0) is 0 Å². The van der Waals surface area contributed by atoms with Crippen LogP contribution in [-0.4, -0.2) is 10.2 Å². The van der Waals surface area contributed by atoms with Gasteiger partial charge < -0.3 is 14.6 Å². The van der Waals surface area contributed by atoms with E-state index in [1.54, 1.807) is 0 Å². The van der Waals surface area contributed by atoms with E-state index in [2.05, 4.69) is 0 Å². The molecule has 2 aromatic carbocycles. The summed E-state index contributed by atoms with van der Waals surface area (Å²) in [6.07, 6.45) is 0. The SMILES string of the molecule is CC.CC.Cc1ccc(-c2cc(=O)c3c(O)cc(O)cc3o2)cc1. The van der Waals surface area contributed by atoms with Gasteiger partial charge in [0, 0.05) is 23.8 Å². The van der Waals surface area contributed by atoms with Gasteiger partial charge in [-0.1, -0.05) is 57.5 Å². The molecule has 0 spiro atoms. The van der Waals surface area contributed by atoms with E-state index in [1.165, 1.54) is 12.1 Å². The zero-order valence-electron chi connectivity index (χ0n) is 14.8. The van der Waals surface area contributed by atoms with Crippen molar-refractivity contribution in [2.75, 3.05) is 0 Å². The normalized spacial score (nSPS) is 9.54. The van der Waals surface area contributed by atoms with Gasteiger partial charge in [0.05, 0.1) is 0 Å². The van der Waals surface area contributed by atoms with Crippen molar-refractivity contribution in [3.63, 3.8) is 0 Å². The molecule has 0 saturated carbocycles. The number of hydrogen-bond acceptors (Lipinski definition) is 4. The van der Waals surface area contributed by atoms with Gasteiger partial charge in [0.15, 0.2) is 5.43 Å². The zero-order chi connectivity index (χ0) is 18.3. The number of phenols is 2. The Morgan fingerprint density at radius 1 is 0.875 bits per heavy atom. The second-order valence-corrected chi connectivity index (χ2v) is 4.68. The minimum Gasteiger partial charge on any atom is -0.508 e. The highest BCUT2D eigenvalue weighted by Crippen LogP contribution is 2.30. The molecular weight excluding hydrogens is 304 g/mol. The lowest BCUT2D eigenvalue weighted by Crippen LogP contribution is -2.00. The predicted octanol–water partition coefficient (Wildman–Crippen LogP) is 5.23. The second-order valence-electron chi connectivity index (χ2n) is 4.68. The van der Waals surface area contributed by atoms with E-state index in [4.69, 9.17) is 4.42 Å². The lowest BCUT2D eigenvalue weighted by atomic mass is 10.1. The highest BCUT2D eigenvalue weighted by atomic mass is 16.3. The van der Waals surface area contributed by atoms with Crippen LogP contribution in [0, 0.1) is 6.92 Å². The number of fused-ring (bicyclic) bond motifs is 1. The van der Waals surface area contributed by atoms with Crippen LogP contribution < -0.4 is 5.43 Å². The summed E-state index contributed by atoms with van der Waals surface area (Å²) in [6.45, 7) is 9.97. The van der Waals surface area contributed by atoms with E-state index in [-0.39, 0.29) is 27.9 Å². The van der Waals surface area contributed by atoms with Crippen molar-refractivity contribution < 1.29 is 14.6 Å². The quantitative estimate of drug-likeness (QED) is 0.641. The monoisotopic (exact) mass is 328 g/mol. The number of phenolic OH excluding ortho intramolecular Hbond substituents is 2. The lowest BCUT2D eigenvalue weighted by Gasteiger charge is -2.05. The van der Waals surface area contributed by atoms with E-state index in [1.807, 2.05) is 58.9 Å². The molecule has 3 rings (SSSR count). The molecule has 0 fully saturated rings. The molecule has 0 aliphatic heterocycles. The summed E-state index contributed by atoms with van der Waals surface area (Å²) >= 11 is 0. The standard InChI is InChI=1S/C16H12O4.2C2H6/c1-9-2-4-10(5-3-9)14-8-13(19)16-12(18)6-11(17)7-15(16)20-14;2*1-2/h2-8,17-18H,1H3;2*1-2H3. The molecule has 0 amide bonds. The third kappa shape index (κ3) is 4.16. The number of hydrogen-bond donors (Lipinski definition) is 2. The average molecular weight is 328 g/mol. The summed E-state index contributed by atoms with van der Waals surface area (Å²) in [7, 11) is 0. The minimum atomic E-state index is -0.348. The van der Waals surface area contributed by atoms with Gasteiger partial charge in [0.1, 0.15) is 28.2 Å². The Morgan fingerprint density at radius 3 is 2.04 bits per heavy atom. The fourth-order valence-electron chi connectivity index (χ4n) is 2.11. The Kier molecular flexibility index (Phi) is 7.05. The molecule has 0 aliphatic carbocycles. The van der Waals surface area contributed by atoms with Gasteiger partial charge in [-0.25, -0.2) is 0 Å². The molecular formula is C20H24O4. The van der Waals surface area contributed by atoms with Crippen LogP contribution in [0.25, 0.3) is 22.3 Å². The maximum absolute atomic E-state index is 12.1. The number of rotatable bonds is 1. The Labute approximate surface area is 142 Å². The van der Waals surface area contributed by atoms with Gasteiger partial charge in [-0.05, 0) is 6.92 Å². The van der Waals surface area contributed by atoms with Crippen LogP contribution in [0.2, 0.25) is 0 Å². The van der Waals surface area contributed by atoms with Crippen LogP contribution in [0.1, 0.15) is 33.3 Å². The van der Waals surface area contributed by atoms with Crippen LogP contribution in [0.5, 0.6) is 11.5 Å². The first-order chi connectivity index (χ1) is 11.5. The molecule has 4 nitrogen and oxygen atoms in total. The zero-order valence-corrected chi connectivity index (χ0v) is 14.8. The molecule has 24 heavy (non-hydrogen) atoms.